The van der Waals surface area contributed by atoms with Gasteiger partial charge in [-0.05, 0) is 18.2 Å². The molecule has 0 aliphatic heterocycles. The molecule has 0 atom stereocenters. The van der Waals surface area contributed by atoms with Crippen LogP contribution in [0.3, 0.4) is 0 Å². The van der Waals surface area contributed by atoms with Gasteiger partial charge in [0.1, 0.15) is 6.61 Å². The van der Waals surface area contributed by atoms with Crippen LogP contribution >= 0.6 is 34.8 Å². The van der Waals surface area contributed by atoms with Crippen molar-refractivity contribution in [3.63, 3.8) is 0 Å². The topological polar surface area (TPSA) is 9.23 Å². The quantitative estimate of drug-likeness (QED) is 0.681. The van der Waals surface area contributed by atoms with E-state index in [0.29, 0.717) is 21.2 Å². The van der Waals surface area contributed by atoms with E-state index in [1.54, 1.807) is 30.3 Å². The maximum atomic E-state index is 13.7. The second-order valence-corrected chi connectivity index (χ2v) is 4.93. The van der Waals surface area contributed by atoms with Gasteiger partial charge >= 0.3 is 0 Å². The Morgan fingerprint density at radius 2 is 1.63 bits per heavy atom. The number of halogens is 4. The molecule has 5 heteroatoms. The van der Waals surface area contributed by atoms with E-state index in [0.717, 1.165) is 0 Å². The molecule has 0 fully saturated rings. The number of ether oxygens (including phenoxy) is 1. The predicted octanol–water partition coefficient (Wildman–Crippen LogP) is 5.45. The average molecular weight is 320 g/mol. The van der Waals surface area contributed by atoms with E-state index in [9.17, 15) is 4.39 Å². The molecule has 0 aromatic heterocycles. The van der Waals surface area contributed by atoms with E-state index < -0.39 is 5.82 Å². The Balaban J connectivity index is 2.24. The number of hydrogen-bond donors (Lipinski definition) is 0. The summed E-state index contributed by atoms with van der Waals surface area (Å²) in [6, 6.07) is 9.76. The molecule has 100 valence electrons. The Morgan fingerprint density at radius 1 is 1.00 bits per heavy atom. The zero-order valence-corrected chi connectivity index (χ0v) is 12.1. The third-order valence-corrected chi connectivity index (χ3v) is 3.61. The zero-order valence-electron chi connectivity index (χ0n) is 9.80. The molecule has 0 bridgehead atoms. The molecule has 0 spiro atoms. The van der Waals surface area contributed by atoms with Crippen molar-refractivity contribution in [3.8, 4) is 5.75 Å². The second-order valence-electron chi connectivity index (χ2n) is 3.85. The molecular formula is C14H10Cl3FO. The maximum absolute atomic E-state index is 13.7. The summed E-state index contributed by atoms with van der Waals surface area (Å²) < 4.78 is 19.2. The molecule has 0 amide bonds. The van der Waals surface area contributed by atoms with Crippen LogP contribution in [0.1, 0.15) is 11.1 Å². The summed E-state index contributed by atoms with van der Waals surface area (Å²) >= 11 is 17.8. The van der Waals surface area contributed by atoms with E-state index in [1.807, 2.05) is 0 Å². The van der Waals surface area contributed by atoms with Gasteiger partial charge in [0.05, 0.1) is 5.88 Å². The van der Waals surface area contributed by atoms with Gasteiger partial charge in [0.2, 0.25) is 0 Å². The highest BCUT2D eigenvalue weighted by Gasteiger charge is 2.12. The summed E-state index contributed by atoms with van der Waals surface area (Å²) in [4.78, 5) is 0. The Morgan fingerprint density at radius 3 is 2.26 bits per heavy atom. The maximum Gasteiger partial charge on any atom is 0.165 e. The Kier molecular flexibility index (Phi) is 4.92. The van der Waals surface area contributed by atoms with E-state index in [-0.39, 0.29) is 18.2 Å². The first-order valence-corrected chi connectivity index (χ1v) is 6.81. The summed E-state index contributed by atoms with van der Waals surface area (Å²) in [7, 11) is 0. The third kappa shape index (κ3) is 3.33. The van der Waals surface area contributed by atoms with E-state index in [1.165, 1.54) is 6.07 Å². The Bertz CT molecular complexity index is 567. The average Bonchev–Trinajstić information content (AvgIpc) is 2.39. The van der Waals surface area contributed by atoms with Crippen molar-refractivity contribution in [3.05, 3.63) is 63.4 Å². The third-order valence-electron chi connectivity index (χ3n) is 2.62. The number of benzene rings is 2. The molecule has 0 heterocycles. The number of hydrogen-bond acceptors (Lipinski definition) is 1. The summed E-state index contributed by atoms with van der Waals surface area (Å²) in [6.07, 6.45) is 0. The number of alkyl halides is 1. The highest BCUT2D eigenvalue weighted by Crippen LogP contribution is 2.29. The Labute approximate surface area is 125 Å². The molecule has 19 heavy (non-hydrogen) atoms. The van der Waals surface area contributed by atoms with Crippen LogP contribution in [-0.2, 0) is 12.5 Å². The lowest BCUT2D eigenvalue weighted by atomic mass is 10.2. The van der Waals surface area contributed by atoms with Gasteiger partial charge in [0.15, 0.2) is 11.6 Å². The molecule has 2 aromatic rings. The van der Waals surface area contributed by atoms with Crippen molar-refractivity contribution in [2.45, 2.75) is 12.5 Å². The minimum absolute atomic E-state index is 0.0866. The fourth-order valence-corrected chi connectivity index (χ4v) is 2.35. The summed E-state index contributed by atoms with van der Waals surface area (Å²) in [5.41, 5.74) is 1.21. The van der Waals surface area contributed by atoms with E-state index in [2.05, 4.69) is 0 Å². The van der Waals surface area contributed by atoms with Gasteiger partial charge in [-0.1, -0.05) is 41.4 Å². The van der Waals surface area contributed by atoms with Crippen LogP contribution in [0, 0.1) is 5.82 Å². The molecule has 0 unspecified atom stereocenters. The highest BCUT2D eigenvalue weighted by atomic mass is 35.5. The number of rotatable bonds is 4. The predicted molar refractivity (Wildman–Crippen MR) is 76.8 cm³/mol. The van der Waals surface area contributed by atoms with Crippen molar-refractivity contribution in [1.82, 2.24) is 0 Å². The molecular weight excluding hydrogens is 310 g/mol. The lowest BCUT2D eigenvalue weighted by Gasteiger charge is -2.12. The van der Waals surface area contributed by atoms with E-state index in [4.69, 9.17) is 39.5 Å². The highest BCUT2D eigenvalue weighted by molar-refractivity contribution is 6.35. The SMILES string of the molecule is Fc1cccc(CCl)c1OCc1c(Cl)cccc1Cl. The van der Waals surface area contributed by atoms with Crippen molar-refractivity contribution >= 4 is 34.8 Å². The van der Waals surface area contributed by atoms with Crippen LogP contribution in [0.2, 0.25) is 10.0 Å². The largest absolute Gasteiger partial charge is 0.485 e. The molecule has 0 aliphatic carbocycles. The van der Waals surface area contributed by atoms with E-state index >= 15 is 0 Å². The van der Waals surface area contributed by atoms with Crippen molar-refractivity contribution < 1.29 is 9.13 Å². The second kappa shape index (κ2) is 6.47. The van der Waals surface area contributed by atoms with Crippen molar-refractivity contribution in [1.29, 1.82) is 0 Å². The van der Waals surface area contributed by atoms with Gasteiger partial charge in [0, 0.05) is 21.2 Å². The summed E-state index contributed by atoms with van der Waals surface area (Å²) in [6.45, 7) is 0.0866. The fourth-order valence-electron chi connectivity index (χ4n) is 1.63. The van der Waals surface area contributed by atoms with Crippen molar-refractivity contribution in [2.75, 3.05) is 0 Å². The first-order valence-electron chi connectivity index (χ1n) is 5.52. The zero-order chi connectivity index (χ0) is 13.8. The van der Waals surface area contributed by atoms with Gasteiger partial charge in [-0.15, -0.1) is 11.6 Å². The number of para-hydroxylation sites is 1. The van der Waals surface area contributed by atoms with Crippen LogP contribution in [0.15, 0.2) is 36.4 Å². The molecule has 0 saturated carbocycles. The first kappa shape index (κ1) is 14.4. The van der Waals surface area contributed by atoms with Gasteiger partial charge in [-0.2, -0.15) is 0 Å². The van der Waals surface area contributed by atoms with Gasteiger partial charge in [-0.25, -0.2) is 4.39 Å². The fraction of sp³-hybridized carbons (Fsp3) is 0.143. The molecule has 0 saturated heterocycles. The molecule has 0 N–H and O–H groups in total. The Hall–Kier alpha value is -0.960. The van der Waals surface area contributed by atoms with Gasteiger partial charge in [-0.3, -0.25) is 0 Å². The van der Waals surface area contributed by atoms with Crippen LogP contribution in [0.4, 0.5) is 4.39 Å². The monoisotopic (exact) mass is 318 g/mol. The molecule has 1 nitrogen and oxygen atoms in total. The lowest BCUT2D eigenvalue weighted by Crippen LogP contribution is -2.01. The summed E-state index contributed by atoms with van der Waals surface area (Å²) in [5, 5.41) is 0.965. The standard InChI is InChI=1S/C14H10Cl3FO/c15-7-9-3-1-6-13(18)14(9)19-8-10-11(16)4-2-5-12(10)17/h1-6H,7-8H2. The molecule has 0 aliphatic rings. The van der Waals surface area contributed by atoms with Crippen LogP contribution in [-0.4, -0.2) is 0 Å². The van der Waals surface area contributed by atoms with Gasteiger partial charge in [0.25, 0.3) is 0 Å². The smallest absolute Gasteiger partial charge is 0.165 e. The molecule has 2 rings (SSSR count). The first-order chi connectivity index (χ1) is 9.13. The minimum atomic E-state index is -0.457. The van der Waals surface area contributed by atoms with Crippen molar-refractivity contribution in [2.24, 2.45) is 0 Å². The summed E-state index contributed by atoms with van der Waals surface area (Å²) in [5.74, 6) is -0.154. The van der Waals surface area contributed by atoms with Crippen LogP contribution in [0.5, 0.6) is 5.75 Å². The van der Waals surface area contributed by atoms with Crippen LogP contribution < -0.4 is 4.74 Å². The minimum Gasteiger partial charge on any atom is -0.485 e. The van der Waals surface area contributed by atoms with Gasteiger partial charge < -0.3 is 4.74 Å². The molecule has 0 radical (unpaired) electrons. The van der Waals surface area contributed by atoms with Crippen LogP contribution in [0.25, 0.3) is 0 Å². The lowest BCUT2D eigenvalue weighted by molar-refractivity contribution is 0.288. The molecule has 2 aromatic carbocycles. The normalized spacial score (nSPS) is 10.5.